The number of aliphatic hydroxyl groups excluding tert-OH is 2. The van der Waals surface area contributed by atoms with E-state index in [-0.39, 0.29) is 29.5 Å². The first kappa shape index (κ1) is 30.1. The van der Waals surface area contributed by atoms with Crippen LogP contribution in [0.5, 0.6) is 0 Å². The van der Waals surface area contributed by atoms with Gasteiger partial charge in [-0.15, -0.1) is 0 Å². The summed E-state index contributed by atoms with van der Waals surface area (Å²) >= 11 is 5.42. The van der Waals surface area contributed by atoms with Gasteiger partial charge in [-0.3, -0.25) is 18.8 Å². The fourth-order valence-electron chi connectivity index (χ4n) is 8.30. The summed E-state index contributed by atoms with van der Waals surface area (Å²) in [5, 5.41) is 23.2. The lowest BCUT2D eigenvalue weighted by atomic mass is 10.0. The Morgan fingerprint density at radius 3 is 2.40 bits per heavy atom. The van der Waals surface area contributed by atoms with Crippen molar-refractivity contribution in [2.75, 3.05) is 24.7 Å². The van der Waals surface area contributed by atoms with Gasteiger partial charge < -0.3 is 49.6 Å². The third-order valence-electron chi connectivity index (χ3n) is 10.6. The van der Waals surface area contributed by atoms with E-state index in [0.29, 0.717) is 24.0 Å². The van der Waals surface area contributed by atoms with Crippen LogP contribution in [-0.2, 0) is 34.5 Å². The third-order valence-corrected chi connectivity index (χ3v) is 13.1. The van der Waals surface area contributed by atoms with Crippen LogP contribution in [0.1, 0.15) is 24.9 Å². The van der Waals surface area contributed by atoms with Crippen molar-refractivity contribution in [3.8, 4) is 0 Å². The van der Waals surface area contributed by atoms with Gasteiger partial charge in [0, 0.05) is 10.8 Å². The van der Waals surface area contributed by atoms with Gasteiger partial charge in [-0.1, -0.05) is 0 Å². The van der Waals surface area contributed by atoms with Gasteiger partial charge >= 0.3 is 14.5 Å². The number of imidazole rings is 2. The summed E-state index contributed by atoms with van der Waals surface area (Å²) in [5.41, 5.74) is 9.72. The zero-order valence-electron chi connectivity index (χ0n) is 24.0. The van der Waals surface area contributed by atoms with Crippen LogP contribution >= 0.6 is 14.5 Å². The average molecular weight is 711 g/mol. The second-order valence-electron chi connectivity index (χ2n) is 12.9. The monoisotopic (exact) mass is 710 g/mol. The molecule has 1 aliphatic heterocycles. The molecule has 250 valence electrons. The van der Waals surface area contributed by atoms with Gasteiger partial charge in [-0.25, -0.2) is 24.5 Å². The largest absolute Gasteiger partial charge is 0.472 e. The van der Waals surface area contributed by atoms with Crippen LogP contribution in [0.15, 0.2) is 23.8 Å². The van der Waals surface area contributed by atoms with Gasteiger partial charge in [0.15, 0.2) is 22.6 Å². The van der Waals surface area contributed by atoms with Crippen molar-refractivity contribution >= 4 is 60.4 Å². The van der Waals surface area contributed by atoms with Crippen molar-refractivity contribution in [1.82, 2.24) is 39.0 Å². The number of nitrogen functional groups attached to an aromatic ring is 2. The molecule has 2 spiro atoms. The van der Waals surface area contributed by atoms with Crippen molar-refractivity contribution in [2.24, 2.45) is 22.7 Å². The highest BCUT2D eigenvalue weighted by Gasteiger charge is 2.76. The first-order valence-electron chi connectivity index (χ1n) is 14.6. The number of hydrogen-bond donors (Lipinski definition) is 7. The van der Waals surface area contributed by atoms with Crippen molar-refractivity contribution in [1.29, 1.82) is 0 Å². The normalized spacial score (nSPS) is 44.3. The first-order valence-corrected chi connectivity index (χ1v) is 18.7. The number of aromatic amines is 1. The number of aliphatic hydroxyl groups is 2. The van der Waals surface area contributed by atoms with Crippen LogP contribution < -0.4 is 17.0 Å². The van der Waals surface area contributed by atoms with Crippen molar-refractivity contribution in [3.05, 3.63) is 29.3 Å². The number of nitrogens with one attached hydrogen (secondary N) is 1. The summed E-state index contributed by atoms with van der Waals surface area (Å²) in [7, 11) is -4.93. The average Bonchev–Trinajstić information content (AvgIpc) is 3.71. The van der Waals surface area contributed by atoms with Gasteiger partial charge in [0.1, 0.15) is 30.2 Å². The molecule has 5 heterocycles. The minimum absolute atomic E-state index is 0.0296. The molecule has 4 aromatic heterocycles. The van der Waals surface area contributed by atoms with Crippen LogP contribution in [0.25, 0.3) is 22.3 Å². The summed E-state index contributed by atoms with van der Waals surface area (Å²) in [6, 6.07) is -1.57. The molecule has 2 bridgehead atoms. The molecule has 0 radical (unpaired) electrons. The van der Waals surface area contributed by atoms with Crippen LogP contribution in [0.2, 0.25) is 0 Å². The second-order valence-corrected chi connectivity index (χ2v) is 17.1. The molecule has 23 heteroatoms. The lowest BCUT2D eigenvalue weighted by Gasteiger charge is -2.31. The fourth-order valence-corrected chi connectivity index (χ4v) is 10.8. The molecule has 4 aliphatic carbocycles. The van der Waals surface area contributed by atoms with Crippen LogP contribution in [0.4, 0.5) is 11.8 Å². The van der Waals surface area contributed by atoms with E-state index in [9.17, 15) is 29.4 Å². The summed E-state index contributed by atoms with van der Waals surface area (Å²) in [5.74, 6) is -0.880. The highest BCUT2D eigenvalue weighted by Crippen LogP contribution is 2.74. The Labute approximate surface area is 267 Å². The number of fused-ring (bicyclic) bond motifs is 3. The van der Waals surface area contributed by atoms with Gasteiger partial charge in [0.2, 0.25) is 5.95 Å². The highest BCUT2D eigenvalue weighted by molar-refractivity contribution is 8.07. The van der Waals surface area contributed by atoms with Gasteiger partial charge in [0.05, 0.1) is 44.1 Å². The predicted octanol–water partition coefficient (Wildman–Crippen LogP) is -0.898. The lowest BCUT2D eigenvalue weighted by Crippen LogP contribution is -2.38. The van der Waals surface area contributed by atoms with Crippen LogP contribution in [0.3, 0.4) is 0 Å². The molecule has 4 aromatic rings. The Balaban J connectivity index is 1.09. The summed E-state index contributed by atoms with van der Waals surface area (Å²) < 4.78 is 39.9. The quantitative estimate of drug-likeness (QED) is 0.124. The van der Waals surface area contributed by atoms with E-state index < -0.39 is 85.9 Å². The Kier molecular flexibility index (Phi) is 6.16. The Morgan fingerprint density at radius 2 is 1.62 bits per heavy atom. The highest BCUT2D eigenvalue weighted by atomic mass is 32.5. The SMILES string of the molecule is Nc1nc2c(ncn2[C@H]2[C@@H]3OP(=O)(O)OCC45C[C@@H]4[C@@H](n4cnc6c(N)ncnc64)[C@H](O)[C@@H]5OP(O)(=S)OCC4(C[C@H]24)[C@H]3O)c(=O)[nH]1. The Bertz CT molecular complexity index is 2150. The van der Waals surface area contributed by atoms with E-state index in [1.807, 2.05) is 0 Å². The van der Waals surface area contributed by atoms with E-state index in [4.69, 9.17) is 41.4 Å². The standard InChI is InChI=1S/C24H28N10O10P2S/c25-18-10-19(28-5-27-18)33(6-29-10)12-8-2-24(8)4-41-45(38,39)43-15-13(34-7-30-11-20(34)31-22(26)32-21(11)37)9-1-23(9,16(15)36)3-42-46(40,47)44-17(24)14(12)35/h5-9,12-17,35-36H,1-4H2,(H,38,39)(H,40,47)(H2,25,27,28)(H3,26,31,32,37)/t8-,9-,12-,13-,14+,15+,16+,17+,23?,24?,46?/m1/s1. The maximum Gasteiger partial charge on any atom is 0.472 e. The molecule has 5 fully saturated rings. The Morgan fingerprint density at radius 1 is 0.936 bits per heavy atom. The topological polar surface area (TPSA) is 294 Å². The van der Waals surface area contributed by atoms with Crippen LogP contribution in [-0.4, -0.2) is 96.7 Å². The number of rotatable bonds is 2. The maximum absolute atomic E-state index is 13.6. The van der Waals surface area contributed by atoms with E-state index in [0.717, 1.165) is 0 Å². The van der Waals surface area contributed by atoms with E-state index in [2.05, 4.69) is 29.9 Å². The molecule has 1 saturated heterocycles. The summed E-state index contributed by atoms with van der Waals surface area (Å²) in [6.07, 6.45) is -0.522. The number of H-pyrrole nitrogens is 1. The third kappa shape index (κ3) is 4.23. The Hall–Kier alpha value is -2.94. The van der Waals surface area contributed by atoms with Crippen molar-refractivity contribution in [3.63, 3.8) is 0 Å². The fraction of sp³-hybridized carbons (Fsp3) is 0.583. The summed E-state index contributed by atoms with van der Waals surface area (Å²) in [4.78, 5) is 58.1. The molecule has 20 nitrogen and oxygen atoms in total. The number of phosphoric acid groups is 1. The zero-order chi connectivity index (χ0) is 32.8. The minimum atomic E-state index is -4.93. The number of nitrogens with zero attached hydrogens (tertiary/aromatic N) is 7. The number of phosphoric ester groups is 1. The molecule has 4 saturated carbocycles. The van der Waals surface area contributed by atoms with E-state index in [1.165, 1.54) is 23.5 Å². The second kappa shape index (κ2) is 9.60. The van der Waals surface area contributed by atoms with E-state index >= 15 is 0 Å². The molecule has 47 heavy (non-hydrogen) atoms. The van der Waals surface area contributed by atoms with Gasteiger partial charge in [0.25, 0.3) is 5.56 Å². The minimum Gasteiger partial charge on any atom is -0.390 e. The van der Waals surface area contributed by atoms with Crippen molar-refractivity contribution < 1.29 is 42.7 Å². The maximum atomic E-state index is 13.6. The van der Waals surface area contributed by atoms with Gasteiger partial charge in [-0.2, -0.15) is 4.98 Å². The molecule has 4 unspecified atom stereocenters. The van der Waals surface area contributed by atoms with Crippen molar-refractivity contribution in [2.45, 2.75) is 49.3 Å². The number of aromatic nitrogens is 8. The number of hydrogen-bond acceptors (Lipinski definition) is 16. The molecule has 9 N–H and O–H groups in total. The lowest BCUT2D eigenvalue weighted by molar-refractivity contribution is -0.0321. The van der Waals surface area contributed by atoms with Gasteiger partial charge in [-0.05, 0) is 36.5 Å². The smallest absolute Gasteiger partial charge is 0.390 e. The molecule has 5 aliphatic rings. The van der Waals surface area contributed by atoms with Crippen LogP contribution in [0, 0.1) is 22.7 Å². The number of nitrogens with two attached hydrogens (primary N) is 2. The molecular formula is C24H28N10O10P2S. The molecule has 0 aromatic carbocycles. The van der Waals surface area contributed by atoms with E-state index in [1.54, 1.807) is 4.57 Å². The molecule has 0 amide bonds. The summed E-state index contributed by atoms with van der Waals surface area (Å²) in [6.45, 7) is -4.84. The predicted molar refractivity (Wildman–Crippen MR) is 161 cm³/mol. The molecule has 9 rings (SSSR count). The first-order chi connectivity index (χ1) is 22.3. The molecular weight excluding hydrogens is 682 g/mol. The number of anilines is 2. The zero-order valence-corrected chi connectivity index (χ0v) is 26.6. The molecule has 12 atom stereocenters.